The molecule has 0 heterocycles. The smallest absolute Gasteiger partial charge is 0.183 e. The second kappa shape index (κ2) is 5.12. The van der Waals surface area contributed by atoms with Gasteiger partial charge in [-0.15, -0.1) is 0 Å². The summed E-state index contributed by atoms with van der Waals surface area (Å²) in [5.74, 6) is -1.74. The van der Waals surface area contributed by atoms with Crippen molar-refractivity contribution in [2.45, 2.75) is 39.0 Å². The van der Waals surface area contributed by atoms with E-state index in [0.29, 0.717) is 6.54 Å². The highest BCUT2D eigenvalue weighted by Crippen LogP contribution is 2.36. The molecule has 0 bridgehead atoms. The quantitative estimate of drug-likeness (QED) is 0.802. The van der Waals surface area contributed by atoms with Crippen molar-refractivity contribution >= 4 is 11.4 Å². The normalized spacial score (nSPS) is 18.6. The summed E-state index contributed by atoms with van der Waals surface area (Å²) in [6.07, 6.45) is 5.93. The summed E-state index contributed by atoms with van der Waals surface area (Å²) >= 11 is 0. The van der Waals surface area contributed by atoms with Crippen LogP contribution in [0, 0.1) is 17.0 Å². The van der Waals surface area contributed by atoms with E-state index in [4.69, 9.17) is 5.73 Å². The van der Waals surface area contributed by atoms with Crippen molar-refractivity contribution in [2.75, 3.05) is 17.6 Å². The maximum atomic E-state index is 13.6. The van der Waals surface area contributed by atoms with Gasteiger partial charge in [-0.25, -0.2) is 8.78 Å². The molecule has 0 saturated heterocycles. The van der Waals surface area contributed by atoms with Crippen molar-refractivity contribution in [3.8, 4) is 0 Å². The Labute approximate surface area is 107 Å². The largest absolute Gasteiger partial charge is 0.397 e. The van der Waals surface area contributed by atoms with Crippen molar-refractivity contribution in [2.24, 2.45) is 5.41 Å². The number of rotatable bonds is 3. The molecular weight excluding hydrogens is 234 g/mol. The van der Waals surface area contributed by atoms with Gasteiger partial charge in [0.25, 0.3) is 0 Å². The van der Waals surface area contributed by atoms with Gasteiger partial charge in [-0.1, -0.05) is 26.2 Å². The monoisotopic (exact) mass is 254 g/mol. The van der Waals surface area contributed by atoms with Crippen LogP contribution in [-0.4, -0.2) is 6.54 Å². The fourth-order valence-electron chi connectivity index (χ4n) is 2.63. The first-order valence-corrected chi connectivity index (χ1v) is 6.49. The number of benzene rings is 1. The number of nitrogens with two attached hydrogens (primary N) is 1. The van der Waals surface area contributed by atoms with Crippen LogP contribution < -0.4 is 11.1 Å². The van der Waals surface area contributed by atoms with Crippen LogP contribution in [0.1, 0.15) is 39.0 Å². The molecular formula is C14H20F2N2. The van der Waals surface area contributed by atoms with Crippen LogP contribution in [0.25, 0.3) is 0 Å². The Balaban J connectivity index is 2.08. The lowest BCUT2D eigenvalue weighted by Gasteiger charge is -2.34. The molecule has 2 nitrogen and oxygen atoms in total. The molecule has 0 unspecified atom stereocenters. The van der Waals surface area contributed by atoms with Gasteiger partial charge in [0.1, 0.15) is 0 Å². The molecule has 0 spiro atoms. The van der Waals surface area contributed by atoms with E-state index in [9.17, 15) is 8.78 Å². The summed E-state index contributed by atoms with van der Waals surface area (Å²) in [6, 6.07) is 2.45. The standard InChI is InChI=1S/C14H20F2N2/c1-14(7-3-2-4-8-14)9-18-13-11(17)6-5-10(15)12(13)16/h5-6,18H,2-4,7-9,17H2,1H3. The maximum Gasteiger partial charge on any atom is 0.183 e. The van der Waals surface area contributed by atoms with Crippen LogP contribution in [0.3, 0.4) is 0 Å². The third kappa shape index (κ3) is 2.74. The first kappa shape index (κ1) is 13.1. The van der Waals surface area contributed by atoms with Crippen LogP contribution in [0.2, 0.25) is 0 Å². The topological polar surface area (TPSA) is 38.0 Å². The van der Waals surface area contributed by atoms with Gasteiger partial charge in [0, 0.05) is 6.54 Å². The van der Waals surface area contributed by atoms with Crippen molar-refractivity contribution in [1.82, 2.24) is 0 Å². The average molecular weight is 254 g/mol. The highest BCUT2D eigenvalue weighted by Gasteiger charge is 2.27. The van der Waals surface area contributed by atoms with E-state index in [1.54, 1.807) is 0 Å². The number of nitrogen functional groups attached to an aromatic ring is 1. The minimum Gasteiger partial charge on any atom is -0.397 e. The van der Waals surface area contributed by atoms with E-state index in [1.165, 1.54) is 25.3 Å². The molecule has 0 atom stereocenters. The zero-order chi connectivity index (χ0) is 13.2. The first-order valence-electron chi connectivity index (χ1n) is 6.49. The molecule has 1 aliphatic carbocycles. The van der Waals surface area contributed by atoms with Gasteiger partial charge in [0.15, 0.2) is 11.6 Å². The molecule has 0 aromatic heterocycles. The molecule has 4 heteroatoms. The van der Waals surface area contributed by atoms with E-state index in [2.05, 4.69) is 12.2 Å². The number of hydrogen-bond acceptors (Lipinski definition) is 2. The van der Waals surface area contributed by atoms with Gasteiger partial charge in [-0.2, -0.15) is 0 Å². The fraction of sp³-hybridized carbons (Fsp3) is 0.571. The molecule has 3 N–H and O–H groups in total. The third-order valence-corrected chi connectivity index (χ3v) is 3.88. The Morgan fingerprint density at radius 3 is 2.56 bits per heavy atom. The molecule has 1 aromatic carbocycles. The van der Waals surface area contributed by atoms with Gasteiger partial charge in [0.05, 0.1) is 11.4 Å². The van der Waals surface area contributed by atoms with Crippen LogP contribution in [0.15, 0.2) is 12.1 Å². The Hall–Kier alpha value is -1.32. The molecule has 1 fully saturated rings. The predicted molar refractivity (Wildman–Crippen MR) is 70.5 cm³/mol. The third-order valence-electron chi connectivity index (χ3n) is 3.88. The van der Waals surface area contributed by atoms with E-state index in [0.717, 1.165) is 18.9 Å². The molecule has 0 amide bonds. The Morgan fingerprint density at radius 2 is 1.89 bits per heavy atom. The summed E-state index contributed by atoms with van der Waals surface area (Å²) in [6.45, 7) is 2.82. The minimum absolute atomic E-state index is 0.0989. The zero-order valence-corrected chi connectivity index (χ0v) is 10.7. The van der Waals surface area contributed by atoms with E-state index >= 15 is 0 Å². The Morgan fingerprint density at radius 1 is 1.22 bits per heavy atom. The van der Waals surface area contributed by atoms with E-state index in [-0.39, 0.29) is 16.8 Å². The van der Waals surface area contributed by atoms with Crippen LogP contribution in [0.5, 0.6) is 0 Å². The summed E-state index contributed by atoms with van der Waals surface area (Å²) in [5, 5.41) is 2.99. The summed E-state index contributed by atoms with van der Waals surface area (Å²) in [7, 11) is 0. The molecule has 18 heavy (non-hydrogen) atoms. The highest BCUT2D eigenvalue weighted by atomic mass is 19.2. The lowest BCUT2D eigenvalue weighted by Crippen LogP contribution is -2.29. The van der Waals surface area contributed by atoms with Gasteiger partial charge < -0.3 is 11.1 Å². The molecule has 1 aliphatic rings. The second-order valence-corrected chi connectivity index (χ2v) is 5.55. The first-order chi connectivity index (χ1) is 8.52. The number of anilines is 2. The molecule has 100 valence electrons. The number of hydrogen-bond donors (Lipinski definition) is 2. The van der Waals surface area contributed by atoms with Gasteiger partial charge in [-0.05, 0) is 30.4 Å². The van der Waals surface area contributed by atoms with Gasteiger partial charge >= 0.3 is 0 Å². The second-order valence-electron chi connectivity index (χ2n) is 5.55. The van der Waals surface area contributed by atoms with E-state index < -0.39 is 11.6 Å². The Kier molecular flexibility index (Phi) is 3.73. The molecule has 0 aliphatic heterocycles. The summed E-state index contributed by atoms with van der Waals surface area (Å²) in [5.41, 5.74) is 6.19. The summed E-state index contributed by atoms with van der Waals surface area (Å²) in [4.78, 5) is 0. The van der Waals surface area contributed by atoms with Crippen LogP contribution in [0.4, 0.5) is 20.2 Å². The lowest BCUT2D eigenvalue weighted by atomic mass is 9.75. The molecule has 1 saturated carbocycles. The molecule has 0 radical (unpaired) electrons. The minimum atomic E-state index is -0.880. The highest BCUT2D eigenvalue weighted by molar-refractivity contribution is 5.66. The molecule has 1 aromatic rings. The maximum absolute atomic E-state index is 13.6. The number of halogens is 2. The number of nitrogens with one attached hydrogen (secondary N) is 1. The van der Waals surface area contributed by atoms with Crippen molar-refractivity contribution in [1.29, 1.82) is 0 Å². The van der Waals surface area contributed by atoms with Gasteiger partial charge in [-0.3, -0.25) is 0 Å². The molecule has 2 rings (SSSR count). The predicted octanol–water partition coefficient (Wildman–Crippen LogP) is 3.93. The van der Waals surface area contributed by atoms with Gasteiger partial charge in [0.2, 0.25) is 0 Å². The zero-order valence-electron chi connectivity index (χ0n) is 10.7. The average Bonchev–Trinajstić information content (AvgIpc) is 2.35. The lowest BCUT2D eigenvalue weighted by molar-refractivity contribution is 0.233. The van der Waals surface area contributed by atoms with Crippen LogP contribution >= 0.6 is 0 Å². The summed E-state index contributed by atoms with van der Waals surface area (Å²) < 4.78 is 26.8. The van der Waals surface area contributed by atoms with Crippen molar-refractivity contribution < 1.29 is 8.78 Å². The van der Waals surface area contributed by atoms with Crippen LogP contribution in [-0.2, 0) is 0 Å². The van der Waals surface area contributed by atoms with Crippen molar-refractivity contribution in [3.05, 3.63) is 23.8 Å². The SMILES string of the molecule is CC1(CNc2c(N)ccc(F)c2F)CCCCC1. The fourth-order valence-corrected chi connectivity index (χ4v) is 2.63. The van der Waals surface area contributed by atoms with Crippen molar-refractivity contribution in [3.63, 3.8) is 0 Å². The van der Waals surface area contributed by atoms with E-state index in [1.807, 2.05) is 0 Å². The Bertz CT molecular complexity index is 426.